The molecule has 0 radical (unpaired) electrons. The van der Waals surface area contributed by atoms with Gasteiger partial charge >= 0.3 is 0 Å². The molecule has 1 heterocycles. The van der Waals surface area contributed by atoms with Crippen LogP contribution in [0.15, 0.2) is 42.1 Å². The van der Waals surface area contributed by atoms with Crippen LogP contribution in [0.2, 0.25) is 0 Å². The molecule has 2 rings (SSSR count). The second kappa shape index (κ2) is 4.41. The lowest BCUT2D eigenvalue weighted by molar-refractivity contribution is -0.383. The second-order valence-corrected chi connectivity index (χ2v) is 4.05. The maximum atomic E-state index is 10.9. The van der Waals surface area contributed by atoms with Gasteiger partial charge < -0.3 is 4.57 Å². The van der Waals surface area contributed by atoms with E-state index in [9.17, 15) is 10.1 Å². The molecular formula is C13H14N2O2. The predicted molar refractivity (Wildman–Crippen MR) is 68.0 cm³/mol. The van der Waals surface area contributed by atoms with Gasteiger partial charge in [-0.25, -0.2) is 0 Å². The quantitative estimate of drug-likeness (QED) is 0.460. The third-order valence-electron chi connectivity index (χ3n) is 2.90. The van der Waals surface area contributed by atoms with Crippen molar-refractivity contribution in [3.05, 3.63) is 52.2 Å². The van der Waals surface area contributed by atoms with Gasteiger partial charge in [-0.3, -0.25) is 10.1 Å². The molecule has 0 spiro atoms. The lowest BCUT2D eigenvalue weighted by atomic mass is 10.2. The molecule has 1 aromatic heterocycles. The number of non-ortho nitro benzene ring substituents is 1. The summed E-state index contributed by atoms with van der Waals surface area (Å²) >= 11 is 0. The van der Waals surface area contributed by atoms with E-state index in [0.717, 1.165) is 12.1 Å². The Kier molecular flexibility index (Phi) is 2.95. The van der Waals surface area contributed by atoms with E-state index in [1.807, 2.05) is 36.8 Å². The Morgan fingerprint density at radius 2 is 2.24 bits per heavy atom. The zero-order chi connectivity index (χ0) is 12.4. The summed E-state index contributed by atoms with van der Waals surface area (Å²) in [6.07, 6.45) is 3.94. The smallest absolute Gasteiger partial charge is 0.278 e. The molecule has 0 atom stereocenters. The minimum atomic E-state index is -0.338. The lowest BCUT2D eigenvalue weighted by Gasteiger charge is -2.05. The largest absolute Gasteiger partial charge is 0.343 e. The van der Waals surface area contributed by atoms with Crippen LogP contribution in [-0.2, 0) is 6.54 Å². The first-order valence-electron chi connectivity index (χ1n) is 5.47. The molecule has 0 saturated carbocycles. The molecule has 88 valence electrons. The van der Waals surface area contributed by atoms with Crippen molar-refractivity contribution in [2.45, 2.75) is 20.4 Å². The average molecular weight is 230 g/mol. The Hall–Kier alpha value is -2.10. The maximum absolute atomic E-state index is 10.9. The highest BCUT2D eigenvalue weighted by Gasteiger charge is 2.13. The molecule has 0 amide bonds. The van der Waals surface area contributed by atoms with Crippen molar-refractivity contribution in [3.63, 3.8) is 0 Å². The molecule has 4 nitrogen and oxygen atoms in total. The Labute approximate surface area is 99.3 Å². The SMILES string of the molecule is C/C=C(\C)Cn1ccc2c([N+](=O)[O-])cccc21. The molecular weight excluding hydrogens is 216 g/mol. The van der Waals surface area contributed by atoms with Crippen molar-refractivity contribution in [2.75, 3.05) is 0 Å². The van der Waals surface area contributed by atoms with Crippen LogP contribution < -0.4 is 0 Å². The number of hydrogen-bond acceptors (Lipinski definition) is 2. The van der Waals surface area contributed by atoms with Crippen molar-refractivity contribution in [1.29, 1.82) is 0 Å². The van der Waals surface area contributed by atoms with Crippen LogP contribution in [0, 0.1) is 10.1 Å². The highest BCUT2D eigenvalue weighted by atomic mass is 16.6. The number of nitro benzene ring substituents is 1. The number of benzene rings is 1. The molecule has 1 aromatic carbocycles. The van der Waals surface area contributed by atoms with E-state index in [4.69, 9.17) is 0 Å². The van der Waals surface area contributed by atoms with E-state index < -0.39 is 0 Å². The van der Waals surface area contributed by atoms with E-state index in [1.54, 1.807) is 12.1 Å². The fourth-order valence-electron chi connectivity index (χ4n) is 1.86. The first kappa shape index (κ1) is 11.4. The summed E-state index contributed by atoms with van der Waals surface area (Å²) in [5.74, 6) is 0. The van der Waals surface area contributed by atoms with Crippen molar-refractivity contribution < 1.29 is 4.92 Å². The van der Waals surface area contributed by atoms with Crippen molar-refractivity contribution in [1.82, 2.24) is 4.57 Å². The van der Waals surface area contributed by atoms with Gasteiger partial charge in [0.05, 0.1) is 15.8 Å². The van der Waals surface area contributed by atoms with Gasteiger partial charge in [-0.2, -0.15) is 0 Å². The van der Waals surface area contributed by atoms with Gasteiger partial charge in [-0.1, -0.05) is 17.7 Å². The van der Waals surface area contributed by atoms with E-state index >= 15 is 0 Å². The summed E-state index contributed by atoms with van der Waals surface area (Å²) in [7, 11) is 0. The van der Waals surface area contributed by atoms with Crippen LogP contribution in [-0.4, -0.2) is 9.49 Å². The molecule has 4 heteroatoms. The fraction of sp³-hybridized carbons (Fsp3) is 0.231. The first-order valence-corrected chi connectivity index (χ1v) is 5.47. The van der Waals surface area contributed by atoms with Crippen molar-refractivity contribution in [3.8, 4) is 0 Å². The summed E-state index contributed by atoms with van der Waals surface area (Å²) in [6.45, 7) is 4.80. The zero-order valence-corrected chi connectivity index (χ0v) is 9.88. The Bertz CT molecular complexity index is 596. The lowest BCUT2D eigenvalue weighted by Crippen LogP contribution is -1.97. The first-order chi connectivity index (χ1) is 8.13. The third-order valence-corrected chi connectivity index (χ3v) is 2.90. The molecule has 17 heavy (non-hydrogen) atoms. The Morgan fingerprint density at radius 3 is 2.88 bits per heavy atom. The van der Waals surface area contributed by atoms with Crippen LogP contribution in [0.4, 0.5) is 5.69 Å². The molecule has 0 bridgehead atoms. The van der Waals surface area contributed by atoms with Crippen LogP contribution in [0.1, 0.15) is 13.8 Å². The Morgan fingerprint density at radius 1 is 1.47 bits per heavy atom. The van der Waals surface area contributed by atoms with E-state index in [2.05, 4.69) is 0 Å². The third kappa shape index (κ3) is 2.06. The maximum Gasteiger partial charge on any atom is 0.278 e. The number of rotatable bonds is 3. The van der Waals surface area contributed by atoms with E-state index in [0.29, 0.717) is 5.39 Å². The topological polar surface area (TPSA) is 48.1 Å². The van der Waals surface area contributed by atoms with Crippen molar-refractivity contribution >= 4 is 16.6 Å². The summed E-state index contributed by atoms with van der Waals surface area (Å²) in [5, 5.41) is 11.6. The number of aromatic nitrogens is 1. The van der Waals surface area contributed by atoms with Gasteiger partial charge in [0, 0.05) is 18.8 Å². The van der Waals surface area contributed by atoms with Gasteiger partial charge in [0.1, 0.15) is 0 Å². The molecule has 0 N–H and O–H groups in total. The van der Waals surface area contributed by atoms with Crippen LogP contribution in [0.25, 0.3) is 10.9 Å². The molecule has 2 aromatic rings. The number of nitro groups is 1. The standard InChI is InChI=1S/C13H14N2O2/c1-3-10(2)9-14-8-7-11-12(14)5-4-6-13(11)15(16)17/h3-8H,9H2,1-2H3/b10-3+. The van der Waals surface area contributed by atoms with Gasteiger partial charge in [-0.15, -0.1) is 0 Å². The van der Waals surface area contributed by atoms with E-state index in [1.165, 1.54) is 11.6 Å². The molecule has 0 saturated heterocycles. The number of allylic oxidation sites excluding steroid dienone is 2. The monoisotopic (exact) mass is 230 g/mol. The van der Waals surface area contributed by atoms with Crippen molar-refractivity contribution in [2.24, 2.45) is 0 Å². The van der Waals surface area contributed by atoms with Crippen LogP contribution in [0.3, 0.4) is 0 Å². The second-order valence-electron chi connectivity index (χ2n) is 4.05. The molecule has 0 aliphatic carbocycles. The number of fused-ring (bicyclic) bond motifs is 1. The Balaban J connectivity index is 2.55. The summed E-state index contributed by atoms with van der Waals surface area (Å²) in [5.41, 5.74) is 2.30. The summed E-state index contributed by atoms with van der Waals surface area (Å²) in [4.78, 5) is 10.5. The predicted octanol–water partition coefficient (Wildman–Crippen LogP) is 3.52. The van der Waals surface area contributed by atoms with Gasteiger partial charge in [-0.05, 0) is 26.0 Å². The highest BCUT2D eigenvalue weighted by molar-refractivity contribution is 5.89. The van der Waals surface area contributed by atoms with E-state index in [-0.39, 0.29) is 10.6 Å². The summed E-state index contributed by atoms with van der Waals surface area (Å²) < 4.78 is 2.03. The van der Waals surface area contributed by atoms with Crippen LogP contribution in [0.5, 0.6) is 0 Å². The molecule has 0 unspecified atom stereocenters. The average Bonchev–Trinajstić information content (AvgIpc) is 2.72. The molecule has 0 fully saturated rings. The summed E-state index contributed by atoms with van der Waals surface area (Å²) in [6, 6.07) is 6.97. The molecule has 0 aliphatic rings. The number of nitrogens with zero attached hydrogens (tertiary/aromatic N) is 2. The zero-order valence-electron chi connectivity index (χ0n) is 9.88. The number of hydrogen-bond donors (Lipinski definition) is 0. The van der Waals surface area contributed by atoms with Gasteiger partial charge in [0.2, 0.25) is 0 Å². The fourth-order valence-corrected chi connectivity index (χ4v) is 1.86. The molecule has 0 aliphatic heterocycles. The minimum Gasteiger partial charge on any atom is -0.343 e. The normalized spacial score (nSPS) is 12.0. The highest BCUT2D eigenvalue weighted by Crippen LogP contribution is 2.26. The van der Waals surface area contributed by atoms with Crippen LogP contribution >= 0.6 is 0 Å². The van der Waals surface area contributed by atoms with Gasteiger partial charge in [0.25, 0.3) is 5.69 Å². The van der Waals surface area contributed by atoms with Gasteiger partial charge in [0.15, 0.2) is 0 Å². The minimum absolute atomic E-state index is 0.166.